The molecule has 0 saturated carbocycles. The summed E-state index contributed by atoms with van der Waals surface area (Å²) in [6.45, 7) is 5.52. The van der Waals surface area contributed by atoms with Crippen molar-refractivity contribution in [1.82, 2.24) is 0 Å². The molecule has 0 unspecified atom stereocenters. The molecule has 1 heterocycles. The Kier molecular flexibility index (Phi) is 3.63. The average Bonchev–Trinajstić information content (AvgIpc) is 2.34. The molecule has 1 nitrogen and oxygen atoms in total. The van der Waals surface area contributed by atoms with Crippen molar-refractivity contribution in [2.75, 3.05) is 18.1 Å². The fourth-order valence-electron chi connectivity index (χ4n) is 0.641. The molecular weight excluding hydrogens is 162 g/mol. The smallest absolute Gasteiger partial charge is 0.124 e. The molecule has 0 radical (unpaired) electrons. The first-order valence-corrected chi connectivity index (χ1v) is 5.56. The Morgan fingerprint density at radius 3 is 3.00 bits per heavy atom. The molecule has 3 heteroatoms. The Morgan fingerprint density at radius 1 is 1.70 bits per heavy atom. The largest absolute Gasteiger partial charge is 0.271 e. The van der Waals surface area contributed by atoms with Crippen molar-refractivity contribution in [2.45, 2.75) is 13.8 Å². The standard InChI is InChI=1S/C7H13NS2/c1-6(2)5-10-7-8-3-4-9-7/h6H,3-5H2,1-2H3. The van der Waals surface area contributed by atoms with E-state index in [1.807, 2.05) is 23.5 Å². The summed E-state index contributed by atoms with van der Waals surface area (Å²) < 4.78 is 1.30. The van der Waals surface area contributed by atoms with Gasteiger partial charge in [-0.2, -0.15) is 0 Å². The zero-order valence-corrected chi connectivity index (χ0v) is 8.10. The fourth-order valence-corrected chi connectivity index (χ4v) is 2.63. The molecule has 0 N–H and O–H groups in total. The average molecular weight is 175 g/mol. The maximum absolute atomic E-state index is 4.35. The van der Waals surface area contributed by atoms with Crippen molar-refractivity contribution in [2.24, 2.45) is 10.9 Å². The number of hydrogen-bond donors (Lipinski definition) is 0. The van der Waals surface area contributed by atoms with Crippen LogP contribution in [0.4, 0.5) is 0 Å². The molecule has 0 fully saturated rings. The van der Waals surface area contributed by atoms with Gasteiger partial charge in [0.2, 0.25) is 0 Å². The van der Waals surface area contributed by atoms with E-state index in [-0.39, 0.29) is 0 Å². The van der Waals surface area contributed by atoms with Crippen LogP contribution in [0.1, 0.15) is 13.8 Å². The van der Waals surface area contributed by atoms with Crippen LogP contribution in [0.25, 0.3) is 0 Å². The van der Waals surface area contributed by atoms with Gasteiger partial charge in [-0.15, -0.1) is 0 Å². The first-order chi connectivity index (χ1) is 4.79. The summed E-state index contributed by atoms with van der Waals surface area (Å²) in [7, 11) is 0. The molecule has 1 rings (SSSR count). The van der Waals surface area contributed by atoms with E-state index >= 15 is 0 Å². The zero-order chi connectivity index (χ0) is 7.40. The van der Waals surface area contributed by atoms with Gasteiger partial charge in [0.15, 0.2) is 0 Å². The summed E-state index contributed by atoms with van der Waals surface area (Å²) in [5.74, 6) is 3.20. The van der Waals surface area contributed by atoms with Gasteiger partial charge in [-0.05, 0) is 5.92 Å². The van der Waals surface area contributed by atoms with E-state index in [1.165, 1.54) is 15.9 Å². The Labute approximate surface area is 71.1 Å². The molecule has 1 aliphatic heterocycles. The minimum absolute atomic E-state index is 0.786. The highest BCUT2D eigenvalue weighted by Gasteiger charge is 2.07. The normalized spacial score (nSPS) is 18.1. The quantitative estimate of drug-likeness (QED) is 0.639. The molecule has 0 bridgehead atoms. The van der Waals surface area contributed by atoms with Crippen molar-refractivity contribution in [3.8, 4) is 0 Å². The molecule has 0 aromatic rings. The Hall–Kier alpha value is 0.370. The third-order valence-corrected chi connectivity index (χ3v) is 3.78. The second kappa shape index (κ2) is 4.29. The lowest BCUT2D eigenvalue weighted by molar-refractivity contribution is 0.752. The Morgan fingerprint density at radius 2 is 2.50 bits per heavy atom. The van der Waals surface area contributed by atoms with Gasteiger partial charge in [0.25, 0.3) is 0 Å². The highest BCUT2D eigenvalue weighted by atomic mass is 32.2. The van der Waals surface area contributed by atoms with Crippen LogP contribution in [-0.2, 0) is 0 Å². The number of hydrogen-bond acceptors (Lipinski definition) is 3. The summed E-state index contributed by atoms with van der Waals surface area (Å²) in [6.07, 6.45) is 0. The van der Waals surface area contributed by atoms with E-state index < -0.39 is 0 Å². The lowest BCUT2D eigenvalue weighted by Gasteiger charge is -2.01. The fraction of sp³-hybridized carbons (Fsp3) is 0.857. The molecule has 10 heavy (non-hydrogen) atoms. The van der Waals surface area contributed by atoms with Crippen LogP contribution < -0.4 is 0 Å². The van der Waals surface area contributed by atoms with E-state index in [2.05, 4.69) is 18.8 Å². The highest BCUT2D eigenvalue weighted by molar-refractivity contribution is 8.39. The van der Waals surface area contributed by atoms with Gasteiger partial charge in [-0.25, -0.2) is 0 Å². The maximum Gasteiger partial charge on any atom is 0.124 e. The van der Waals surface area contributed by atoms with Gasteiger partial charge in [-0.1, -0.05) is 37.4 Å². The molecule has 58 valence electrons. The molecule has 0 atom stereocenters. The number of nitrogens with zero attached hydrogens (tertiary/aromatic N) is 1. The Bertz CT molecular complexity index is 132. The van der Waals surface area contributed by atoms with Gasteiger partial charge in [0, 0.05) is 11.5 Å². The van der Waals surface area contributed by atoms with Crippen LogP contribution >= 0.6 is 23.5 Å². The summed E-state index contributed by atoms with van der Waals surface area (Å²) in [5, 5.41) is 0. The summed E-state index contributed by atoms with van der Waals surface area (Å²) >= 11 is 3.80. The molecular formula is C7H13NS2. The number of rotatable bonds is 2. The zero-order valence-electron chi connectivity index (χ0n) is 6.46. The van der Waals surface area contributed by atoms with E-state index in [1.54, 1.807) is 0 Å². The second-order valence-corrected chi connectivity index (χ2v) is 5.05. The number of aliphatic imine (C=N–C) groups is 1. The van der Waals surface area contributed by atoms with Crippen LogP contribution in [-0.4, -0.2) is 22.4 Å². The first kappa shape index (κ1) is 8.47. The van der Waals surface area contributed by atoms with Crippen LogP contribution in [0, 0.1) is 5.92 Å². The molecule has 0 aliphatic carbocycles. The van der Waals surface area contributed by atoms with E-state index in [9.17, 15) is 0 Å². The lowest BCUT2D eigenvalue weighted by atomic mass is 10.3. The predicted molar refractivity (Wildman–Crippen MR) is 52.1 cm³/mol. The molecule has 0 saturated heterocycles. The summed E-state index contributed by atoms with van der Waals surface area (Å²) in [4.78, 5) is 4.35. The Balaban J connectivity index is 2.13. The topological polar surface area (TPSA) is 12.4 Å². The lowest BCUT2D eigenvalue weighted by Crippen LogP contribution is -1.92. The summed E-state index contributed by atoms with van der Waals surface area (Å²) in [6, 6.07) is 0. The van der Waals surface area contributed by atoms with Crippen LogP contribution in [0.3, 0.4) is 0 Å². The maximum atomic E-state index is 4.35. The van der Waals surface area contributed by atoms with E-state index in [0.717, 1.165) is 12.5 Å². The molecule has 0 aromatic heterocycles. The van der Waals surface area contributed by atoms with Crippen LogP contribution in [0.2, 0.25) is 0 Å². The molecule has 0 amide bonds. The van der Waals surface area contributed by atoms with Crippen molar-refractivity contribution in [3.05, 3.63) is 0 Å². The third-order valence-electron chi connectivity index (χ3n) is 1.10. The molecule has 0 spiro atoms. The molecule has 1 aliphatic rings. The minimum atomic E-state index is 0.786. The SMILES string of the molecule is CC(C)CSC1=NCCS1. The van der Waals surface area contributed by atoms with Crippen LogP contribution in [0.15, 0.2) is 4.99 Å². The van der Waals surface area contributed by atoms with Crippen molar-refractivity contribution >= 4 is 27.9 Å². The van der Waals surface area contributed by atoms with E-state index in [4.69, 9.17) is 0 Å². The van der Waals surface area contributed by atoms with Gasteiger partial charge < -0.3 is 0 Å². The second-order valence-electron chi connectivity index (χ2n) is 2.70. The first-order valence-electron chi connectivity index (χ1n) is 3.59. The van der Waals surface area contributed by atoms with E-state index in [0.29, 0.717) is 0 Å². The highest BCUT2D eigenvalue weighted by Crippen LogP contribution is 2.23. The third kappa shape index (κ3) is 2.97. The predicted octanol–water partition coefficient (Wildman–Crippen LogP) is 2.48. The van der Waals surface area contributed by atoms with Crippen molar-refractivity contribution in [1.29, 1.82) is 0 Å². The monoisotopic (exact) mass is 175 g/mol. The van der Waals surface area contributed by atoms with Gasteiger partial charge in [0.05, 0.1) is 6.54 Å². The van der Waals surface area contributed by atoms with Gasteiger partial charge in [0.1, 0.15) is 4.38 Å². The molecule has 0 aromatic carbocycles. The van der Waals surface area contributed by atoms with Crippen molar-refractivity contribution < 1.29 is 0 Å². The van der Waals surface area contributed by atoms with Crippen LogP contribution in [0.5, 0.6) is 0 Å². The van der Waals surface area contributed by atoms with Crippen molar-refractivity contribution in [3.63, 3.8) is 0 Å². The number of thioether (sulfide) groups is 2. The minimum Gasteiger partial charge on any atom is -0.271 e. The summed E-state index contributed by atoms with van der Waals surface area (Å²) in [5.41, 5.74) is 0. The van der Waals surface area contributed by atoms with Gasteiger partial charge in [-0.3, -0.25) is 4.99 Å². The van der Waals surface area contributed by atoms with Gasteiger partial charge >= 0.3 is 0 Å².